The van der Waals surface area contributed by atoms with Gasteiger partial charge in [0.25, 0.3) is 0 Å². The van der Waals surface area contributed by atoms with E-state index in [0.29, 0.717) is 5.56 Å². The molecule has 0 aromatic heterocycles. The van der Waals surface area contributed by atoms with Crippen LogP contribution in [0, 0.1) is 0 Å². The minimum absolute atomic E-state index is 0.0918. The summed E-state index contributed by atoms with van der Waals surface area (Å²) in [7, 11) is 1.33. The summed E-state index contributed by atoms with van der Waals surface area (Å²) >= 11 is 0. The number of aliphatic hydroxyl groups excluding tert-OH is 5. The van der Waals surface area contributed by atoms with Gasteiger partial charge in [0.1, 0.15) is 47.2 Å². The van der Waals surface area contributed by atoms with E-state index in [1.807, 2.05) is 0 Å². The molecule has 0 saturated carbocycles. The molecular weight excluding hydrogens is 456 g/mol. The molecule has 2 heterocycles. The van der Waals surface area contributed by atoms with E-state index >= 15 is 0 Å². The molecule has 34 heavy (non-hydrogen) atoms. The molecule has 2 aromatic rings. The first kappa shape index (κ1) is 24.0. The van der Waals surface area contributed by atoms with Gasteiger partial charge in [-0.15, -0.1) is 0 Å². The lowest BCUT2D eigenvalue weighted by molar-refractivity contribution is -0.277. The molecule has 184 valence electrons. The number of carbonyl (C=O) groups excluding carboxylic acids is 1. The Kier molecular flexibility index (Phi) is 6.53. The third kappa shape index (κ3) is 4.11. The summed E-state index contributed by atoms with van der Waals surface area (Å²) < 4.78 is 21.6. The van der Waals surface area contributed by atoms with Gasteiger partial charge in [0.2, 0.25) is 12.1 Å². The zero-order chi connectivity index (χ0) is 24.7. The smallest absolute Gasteiger partial charge is 0.229 e. The SMILES string of the molecule is COc1cc([C@H]2Oc3cc(O)cc(O[C@@H]4O[C@H](CO)[C@@H](O)[C@H](O)[C@H]4O)c3C(=O)[C@@H]2O)ccc1O. The number of phenols is 2. The van der Waals surface area contributed by atoms with E-state index in [1.54, 1.807) is 0 Å². The second-order valence-corrected chi connectivity index (χ2v) is 7.91. The number of ketones is 1. The van der Waals surface area contributed by atoms with Gasteiger partial charge in [0.05, 0.1) is 13.7 Å². The summed E-state index contributed by atoms with van der Waals surface area (Å²) in [6.45, 7) is -0.693. The summed E-state index contributed by atoms with van der Waals surface area (Å²) in [5.41, 5.74) is 0.0464. The average Bonchev–Trinajstić information content (AvgIpc) is 2.81. The molecular formula is C22H24O12. The molecule has 0 bridgehead atoms. The van der Waals surface area contributed by atoms with Crippen LogP contribution in [0.25, 0.3) is 0 Å². The molecule has 0 amide bonds. The highest BCUT2D eigenvalue weighted by molar-refractivity contribution is 6.05. The number of ether oxygens (including phenoxy) is 4. The number of methoxy groups -OCH3 is 1. The van der Waals surface area contributed by atoms with Crippen molar-refractivity contribution in [2.24, 2.45) is 0 Å². The molecule has 4 rings (SSSR count). The maximum absolute atomic E-state index is 13.1. The van der Waals surface area contributed by atoms with Crippen LogP contribution in [-0.2, 0) is 4.74 Å². The monoisotopic (exact) mass is 480 g/mol. The number of carbonyl (C=O) groups is 1. The van der Waals surface area contributed by atoms with Crippen LogP contribution < -0.4 is 14.2 Å². The Bertz CT molecular complexity index is 1070. The fourth-order valence-electron chi connectivity index (χ4n) is 3.90. The van der Waals surface area contributed by atoms with Crippen molar-refractivity contribution in [1.29, 1.82) is 0 Å². The van der Waals surface area contributed by atoms with Gasteiger partial charge in [-0.2, -0.15) is 0 Å². The first-order valence-electron chi connectivity index (χ1n) is 10.3. The third-order valence-corrected chi connectivity index (χ3v) is 5.73. The van der Waals surface area contributed by atoms with Crippen LogP contribution >= 0.6 is 0 Å². The van der Waals surface area contributed by atoms with Crippen LogP contribution in [0.5, 0.6) is 28.7 Å². The molecule has 12 nitrogen and oxygen atoms in total. The van der Waals surface area contributed by atoms with Crippen molar-refractivity contribution in [1.82, 2.24) is 0 Å². The van der Waals surface area contributed by atoms with Crippen molar-refractivity contribution >= 4 is 5.78 Å². The maximum Gasteiger partial charge on any atom is 0.229 e. The van der Waals surface area contributed by atoms with Crippen LogP contribution in [-0.4, -0.2) is 92.1 Å². The summed E-state index contributed by atoms with van der Waals surface area (Å²) in [5, 5.41) is 70.1. The Balaban J connectivity index is 1.68. The van der Waals surface area contributed by atoms with Gasteiger partial charge in [-0.05, 0) is 17.7 Å². The predicted molar refractivity (Wildman–Crippen MR) is 111 cm³/mol. The van der Waals surface area contributed by atoms with Crippen LogP contribution in [0.1, 0.15) is 22.0 Å². The largest absolute Gasteiger partial charge is 0.508 e. The fourth-order valence-corrected chi connectivity index (χ4v) is 3.90. The van der Waals surface area contributed by atoms with Crippen LogP contribution in [0.4, 0.5) is 0 Å². The van der Waals surface area contributed by atoms with Crippen molar-refractivity contribution < 1.29 is 59.5 Å². The number of aliphatic hydroxyl groups is 5. The van der Waals surface area contributed by atoms with Gasteiger partial charge < -0.3 is 54.7 Å². The van der Waals surface area contributed by atoms with Crippen molar-refractivity contribution in [3.63, 3.8) is 0 Å². The first-order chi connectivity index (χ1) is 16.2. The zero-order valence-corrected chi connectivity index (χ0v) is 17.8. The van der Waals surface area contributed by atoms with Crippen molar-refractivity contribution in [3.05, 3.63) is 41.5 Å². The van der Waals surface area contributed by atoms with Crippen LogP contribution in [0.3, 0.4) is 0 Å². The Labute approximate surface area is 192 Å². The number of hydrogen-bond acceptors (Lipinski definition) is 12. The molecule has 0 aliphatic carbocycles. The number of benzene rings is 2. The summed E-state index contributed by atoms with van der Waals surface area (Å²) in [6, 6.07) is 6.27. The second-order valence-electron chi connectivity index (χ2n) is 7.91. The molecule has 1 fully saturated rings. The molecule has 2 aliphatic rings. The van der Waals surface area contributed by atoms with E-state index < -0.39 is 55.3 Å². The van der Waals surface area contributed by atoms with E-state index in [4.69, 9.17) is 18.9 Å². The standard InChI is InChI=1S/C22H24O12/c1-31-11-4-8(2-3-10(11)25)21-19(29)17(27)15-12(32-21)5-9(24)6-13(15)33-22-20(30)18(28)16(26)14(7-23)34-22/h2-6,14,16,18-26,28-30H,7H2,1H3/t14-,16-,18+,19+,20-,21-,22-/m1/s1. The Morgan fingerprint density at radius 1 is 0.971 bits per heavy atom. The van der Waals surface area contributed by atoms with E-state index in [0.717, 1.165) is 12.1 Å². The molecule has 2 aromatic carbocycles. The number of phenolic OH excluding ortho intramolecular Hbond substituents is 2. The number of fused-ring (bicyclic) bond motifs is 1. The van der Waals surface area contributed by atoms with Gasteiger partial charge in [-0.1, -0.05) is 6.07 Å². The molecule has 0 spiro atoms. The Hall–Kier alpha value is -3.13. The minimum atomic E-state index is -1.77. The van der Waals surface area contributed by atoms with E-state index in [1.165, 1.54) is 25.3 Å². The maximum atomic E-state index is 13.1. The lowest BCUT2D eigenvalue weighted by Crippen LogP contribution is -2.60. The normalized spacial score (nSPS) is 30.9. The topological polar surface area (TPSA) is 196 Å². The lowest BCUT2D eigenvalue weighted by Gasteiger charge is -2.40. The Morgan fingerprint density at radius 3 is 2.38 bits per heavy atom. The van der Waals surface area contributed by atoms with E-state index in [9.17, 15) is 40.5 Å². The second kappa shape index (κ2) is 9.25. The molecule has 7 atom stereocenters. The molecule has 0 radical (unpaired) electrons. The van der Waals surface area contributed by atoms with Crippen LogP contribution in [0.2, 0.25) is 0 Å². The average molecular weight is 480 g/mol. The highest BCUT2D eigenvalue weighted by Crippen LogP contribution is 2.44. The van der Waals surface area contributed by atoms with Crippen molar-refractivity contribution in [2.75, 3.05) is 13.7 Å². The molecule has 7 N–H and O–H groups in total. The van der Waals surface area contributed by atoms with Crippen molar-refractivity contribution in [2.45, 2.75) is 42.9 Å². The predicted octanol–water partition coefficient (Wildman–Crippen LogP) is -1.04. The molecule has 2 aliphatic heterocycles. The molecule has 0 unspecified atom stereocenters. The third-order valence-electron chi connectivity index (χ3n) is 5.73. The minimum Gasteiger partial charge on any atom is -0.508 e. The fraction of sp³-hybridized carbons (Fsp3) is 0.409. The molecule has 12 heteroatoms. The summed E-state index contributed by atoms with van der Waals surface area (Å²) in [4.78, 5) is 13.1. The molecule has 1 saturated heterocycles. The number of aromatic hydroxyl groups is 2. The quantitative estimate of drug-likeness (QED) is 0.275. The van der Waals surface area contributed by atoms with Crippen LogP contribution in [0.15, 0.2) is 30.3 Å². The van der Waals surface area contributed by atoms with Gasteiger partial charge >= 0.3 is 0 Å². The van der Waals surface area contributed by atoms with Gasteiger partial charge in [0.15, 0.2) is 23.7 Å². The number of hydrogen-bond donors (Lipinski definition) is 7. The van der Waals surface area contributed by atoms with Crippen molar-refractivity contribution in [3.8, 4) is 28.7 Å². The number of Topliss-reactive ketones (excluding diaryl/α,β-unsaturated/α-hetero) is 1. The summed E-state index contributed by atoms with van der Waals surface area (Å²) in [5.74, 6) is -1.76. The van der Waals surface area contributed by atoms with Gasteiger partial charge in [-0.25, -0.2) is 0 Å². The Morgan fingerprint density at radius 2 is 1.71 bits per heavy atom. The lowest BCUT2D eigenvalue weighted by atomic mass is 9.92. The first-order valence-corrected chi connectivity index (χ1v) is 10.3. The van der Waals surface area contributed by atoms with E-state index in [2.05, 4.69) is 0 Å². The summed E-state index contributed by atoms with van der Waals surface area (Å²) in [6.07, 6.45) is -10.9. The van der Waals surface area contributed by atoms with Gasteiger partial charge in [0, 0.05) is 12.1 Å². The zero-order valence-electron chi connectivity index (χ0n) is 17.8. The highest BCUT2D eigenvalue weighted by atomic mass is 16.7. The number of rotatable bonds is 5. The van der Waals surface area contributed by atoms with E-state index in [-0.39, 0.29) is 34.3 Å². The van der Waals surface area contributed by atoms with Gasteiger partial charge in [-0.3, -0.25) is 4.79 Å². The highest BCUT2D eigenvalue weighted by Gasteiger charge is 2.46.